The Hall–Kier alpha value is -4.91. The summed E-state index contributed by atoms with van der Waals surface area (Å²) < 4.78 is 0. The van der Waals surface area contributed by atoms with Crippen LogP contribution in [0.4, 0.5) is 0 Å². The average Bonchev–Trinajstić information content (AvgIpc) is 3.42. The second kappa shape index (κ2) is 17.4. The first-order chi connectivity index (χ1) is 21.6. The molecule has 0 saturated heterocycles. The molecule has 0 saturated carbocycles. The van der Waals surface area contributed by atoms with Gasteiger partial charge in [-0.1, -0.05) is 68.3 Å². The Bertz CT molecular complexity index is 1450. The first kappa shape index (κ1) is 34.6. The number of hydrogen-bond acceptors (Lipinski definition) is 6. The number of hydrogen-bond donors (Lipinski definition) is 8. The molecule has 0 aliphatic heterocycles. The minimum Gasteiger partial charge on any atom is -0.370 e. The molecule has 4 amide bonds. The van der Waals surface area contributed by atoms with E-state index in [2.05, 4.69) is 25.9 Å². The van der Waals surface area contributed by atoms with Gasteiger partial charge < -0.3 is 43.9 Å². The topological polar surface area (TPSA) is 237 Å². The summed E-state index contributed by atoms with van der Waals surface area (Å²) in [5, 5.41) is 9.19. The van der Waals surface area contributed by atoms with E-state index in [0.29, 0.717) is 19.3 Å². The number of nitrogens with two attached hydrogens (primary N) is 4. The van der Waals surface area contributed by atoms with Crippen LogP contribution < -0.4 is 38.9 Å². The Balaban J connectivity index is 1.71. The highest BCUT2D eigenvalue weighted by molar-refractivity contribution is 5.95. The van der Waals surface area contributed by atoms with E-state index in [1.807, 2.05) is 67.7 Å². The van der Waals surface area contributed by atoms with Crippen molar-refractivity contribution < 1.29 is 19.2 Å². The summed E-state index contributed by atoms with van der Waals surface area (Å²) in [4.78, 5) is 59.5. The number of para-hydroxylation sites is 1. The van der Waals surface area contributed by atoms with Crippen molar-refractivity contribution in [3.05, 3.63) is 71.9 Å². The summed E-state index contributed by atoms with van der Waals surface area (Å²) in [5.41, 5.74) is 25.4. The zero-order valence-electron chi connectivity index (χ0n) is 25.6. The van der Waals surface area contributed by atoms with Crippen molar-refractivity contribution in [1.29, 1.82) is 0 Å². The molecular formula is C32H45N9O4. The molecule has 1 aromatic heterocycles. The molecule has 3 aromatic rings. The quantitative estimate of drug-likeness (QED) is 0.0568. The number of nitrogens with one attached hydrogen (secondary N) is 4. The third-order valence-electron chi connectivity index (χ3n) is 7.45. The largest absolute Gasteiger partial charge is 0.370 e. The smallest absolute Gasteiger partial charge is 0.243 e. The van der Waals surface area contributed by atoms with Crippen molar-refractivity contribution in [1.82, 2.24) is 20.9 Å². The maximum atomic E-state index is 13.6. The summed E-state index contributed by atoms with van der Waals surface area (Å²) in [6.07, 6.45) is 4.57. The zero-order chi connectivity index (χ0) is 32.8. The van der Waals surface area contributed by atoms with Gasteiger partial charge in [0.1, 0.15) is 18.1 Å². The van der Waals surface area contributed by atoms with Crippen LogP contribution in [-0.4, -0.2) is 65.3 Å². The molecule has 4 atom stereocenters. The predicted molar refractivity (Wildman–Crippen MR) is 175 cm³/mol. The molecule has 4 unspecified atom stereocenters. The highest BCUT2D eigenvalue weighted by atomic mass is 16.2. The number of benzene rings is 2. The van der Waals surface area contributed by atoms with Gasteiger partial charge in [-0.05, 0) is 42.9 Å². The van der Waals surface area contributed by atoms with Crippen molar-refractivity contribution >= 4 is 40.5 Å². The molecule has 242 valence electrons. The van der Waals surface area contributed by atoms with Gasteiger partial charge in [-0.2, -0.15) is 0 Å². The van der Waals surface area contributed by atoms with Crippen molar-refractivity contribution in [3.63, 3.8) is 0 Å². The standard InChI is InChI=1S/C32H45N9O4/c1-2-3-13-25(39-29(43)23(33)18-21-19-38-24-14-8-7-12-22(21)24)30(44)40-26(15-9-16-37-32(35)36)31(45)41-27(28(34)42)17-20-10-5-4-6-11-20/h4-8,10-12,14,19,23,25-27,38H,2-3,9,13,15-18,33H2,1H3,(H2,34,42)(H,39,43)(H,40,44)(H,41,45)(H4,35,36,37). The van der Waals surface area contributed by atoms with E-state index in [1.54, 1.807) is 0 Å². The minimum absolute atomic E-state index is 0.0944. The number of guanidine groups is 1. The predicted octanol–water partition coefficient (Wildman–Crippen LogP) is 0.464. The SMILES string of the molecule is CCCCC(NC(=O)C(N)Cc1c[nH]c2ccccc12)C(=O)NC(CCCN=C(N)N)C(=O)NC(Cc1ccccc1)C(N)=O. The number of aromatic amines is 1. The summed E-state index contributed by atoms with van der Waals surface area (Å²) >= 11 is 0. The molecule has 3 rings (SSSR count). The van der Waals surface area contributed by atoms with E-state index in [9.17, 15) is 19.2 Å². The van der Waals surface area contributed by atoms with E-state index >= 15 is 0 Å². The van der Waals surface area contributed by atoms with Crippen LogP contribution in [0.2, 0.25) is 0 Å². The molecule has 0 bridgehead atoms. The normalized spacial score (nSPS) is 13.6. The summed E-state index contributed by atoms with van der Waals surface area (Å²) in [6.45, 7) is 2.19. The van der Waals surface area contributed by atoms with Crippen LogP contribution in [0.1, 0.15) is 50.2 Å². The Morgan fingerprint density at radius 1 is 0.778 bits per heavy atom. The van der Waals surface area contributed by atoms with Gasteiger partial charge in [-0.25, -0.2) is 0 Å². The molecule has 0 radical (unpaired) electrons. The number of aromatic nitrogens is 1. The highest BCUT2D eigenvalue weighted by Crippen LogP contribution is 2.19. The van der Waals surface area contributed by atoms with Gasteiger partial charge in [-0.15, -0.1) is 0 Å². The second-order valence-electron chi connectivity index (χ2n) is 11.0. The Morgan fingerprint density at radius 2 is 1.38 bits per heavy atom. The number of nitrogens with zero attached hydrogens (tertiary/aromatic N) is 1. The number of primary amides is 1. The molecule has 13 nitrogen and oxygen atoms in total. The number of carbonyl (C=O) groups excluding carboxylic acids is 4. The number of rotatable bonds is 18. The van der Waals surface area contributed by atoms with Crippen molar-refractivity contribution in [2.45, 2.75) is 76.0 Å². The number of unbranched alkanes of at least 4 members (excludes halogenated alkanes) is 1. The second-order valence-corrected chi connectivity index (χ2v) is 11.0. The van der Waals surface area contributed by atoms with E-state index in [4.69, 9.17) is 22.9 Å². The number of fused-ring (bicyclic) bond motifs is 1. The third-order valence-corrected chi connectivity index (χ3v) is 7.45. The molecule has 0 spiro atoms. The lowest BCUT2D eigenvalue weighted by Gasteiger charge is -2.25. The van der Waals surface area contributed by atoms with Gasteiger partial charge >= 0.3 is 0 Å². The fourth-order valence-electron chi connectivity index (χ4n) is 4.98. The van der Waals surface area contributed by atoms with Gasteiger partial charge in [-0.3, -0.25) is 24.2 Å². The van der Waals surface area contributed by atoms with Crippen LogP contribution in [0.25, 0.3) is 10.9 Å². The molecule has 0 fully saturated rings. The van der Waals surface area contributed by atoms with E-state index in [0.717, 1.165) is 28.5 Å². The summed E-state index contributed by atoms with van der Waals surface area (Å²) in [6, 6.07) is 12.9. The first-order valence-electron chi connectivity index (χ1n) is 15.2. The average molecular weight is 620 g/mol. The first-order valence-corrected chi connectivity index (χ1v) is 15.2. The molecule has 0 aliphatic rings. The zero-order valence-corrected chi connectivity index (χ0v) is 25.6. The van der Waals surface area contributed by atoms with Crippen molar-refractivity contribution in [2.75, 3.05) is 6.54 Å². The van der Waals surface area contributed by atoms with Crippen LogP contribution in [0.5, 0.6) is 0 Å². The molecule has 45 heavy (non-hydrogen) atoms. The van der Waals surface area contributed by atoms with Crippen LogP contribution in [0, 0.1) is 0 Å². The minimum atomic E-state index is -1.05. The fraction of sp³-hybridized carbons (Fsp3) is 0.406. The van der Waals surface area contributed by atoms with Crippen LogP contribution in [0.15, 0.2) is 65.8 Å². The van der Waals surface area contributed by atoms with Crippen LogP contribution in [0.3, 0.4) is 0 Å². The molecule has 13 heteroatoms. The monoisotopic (exact) mass is 619 g/mol. The van der Waals surface area contributed by atoms with E-state index < -0.39 is 47.8 Å². The molecule has 1 heterocycles. The lowest BCUT2D eigenvalue weighted by Crippen LogP contribution is -2.57. The fourth-order valence-corrected chi connectivity index (χ4v) is 4.98. The maximum absolute atomic E-state index is 13.6. The van der Waals surface area contributed by atoms with Crippen molar-refractivity contribution in [3.8, 4) is 0 Å². The van der Waals surface area contributed by atoms with Gasteiger partial charge in [0.2, 0.25) is 23.6 Å². The number of H-pyrrole nitrogens is 1. The Labute approximate surface area is 262 Å². The third kappa shape index (κ3) is 10.9. The lowest BCUT2D eigenvalue weighted by molar-refractivity contribution is -0.133. The summed E-state index contributed by atoms with van der Waals surface area (Å²) in [5.74, 6) is -2.43. The molecule has 12 N–H and O–H groups in total. The number of aliphatic imine (C=N–C) groups is 1. The van der Waals surface area contributed by atoms with Crippen molar-refractivity contribution in [2.24, 2.45) is 27.9 Å². The number of amides is 4. The molecule has 2 aromatic carbocycles. The maximum Gasteiger partial charge on any atom is 0.243 e. The lowest BCUT2D eigenvalue weighted by atomic mass is 10.0. The van der Waals surface area contributed by atoms with Crippen LogP contribution in [-0.2, 0) is 32.0 Å². The van der Waals surface area contributed by atoms with Gasteiger partial charge in [0.25, 0.3) is 0 Å². The van der Waals surface area contributed by atoms with E-state index in [-0.39, 0.29) is 31.8 Å². The highest BCUT2D eigenvalue weighted by Gasteiger charge is 2.30. The van der Waals surface area contributed by atoms with Gasteiger partial charge in [0.15, 0.2) is 5.96 Å². The van der Waals surface area contributed by atoms with Gasteiger partial charge in [0, 0.05) is 30.1 Å². The summed E-state index contributed by atoms with van der Waals surface area (Å²) in [7, 11) is 0. The Kier molecular flexibility index (Phi) is 13.4. The Morgan fingerprint density at radius 3 is 2.02 bits per heavy atom. The van der Waals surface area contributed by atoms with E-state index in [1.165, 1.54) is 0 Å². The number of carbonyl (C=O) groups is 4. The van der Waals surface area contributed by atoms with Crippen LogP contribution >= 0.6 is 0 Å². The molecular weight excluding hydrogens is 574 g/mol. The van der Waals surface area contributed by atoms with Gasteiger partial charge in [0.05, 0.1) is 6.04 Å². The molecule has 0 aliphatic carbocycles.